The lowest BCUT2D eigenvalue weighted by atomic mass is 10.1. The van der Waals surface area contributed by atoms with Crippen LogP contribution in [0.3, 0.4) is 0 Å². The van der Waals surface area contributed by atoms with E-state index in [1.165, 1.54) is 6.92 Å². The van der Waals surface area contributed by atoms with E-state index in [4.69, 9.17) is 10.5 Å². The molecule has 2 aromatic rings. The molecule has 1 aromatic carbocycles. The summed E-state index contributed by atoms with van der Waals surface area (Å²) >= 11 is 0. The van der Waals surface area contributed by atoms with Gasteiger partial charge in [0.15, 0.2) is 0 Å². The zero-order valence-electron chi connectivity index (χ0n) is 14.3. The van der Waals surface area contributed by atoms with Gasteiger partial charge in [0.2, 0.25) is 0 Å². The summed E-state index contributed by atoms with van der Waals surface area (Å²) in [6.07, 6.45) is 0. The molecule has 0 radical (unpaired) electrons. The van der Waals surface area contributed by atoms with Crippen LogP contribution in [-0.2, 0) is 4.74 Å². The summed E-state index contributed by atoms with van der Waals surface area (Å²) in [6.45, 7) is 3.71. The Bertz CT molecular complexity index is 833. The molecule has 1 aliphatic heterocycles. The highest BCUT2D eigenvalue weighted by molar-refractivity contribution is 5.98. The maximum atomic E-state index is 13.6. The molecule has 1 aliphatic rings. The standard InChI is InChI=1S/C18H19FN4O3/c1-11-15(19)10-14(16(20)24)17(21-11)22-13-4-2-12(3-5-13)18(25)23-6-8-26-9-7-23/h2-5,10H,6-9H2,1H3,(H2,20,24)(H,21,22). The summed E-state index contributed by atoms with van der Waals surface area (Å²) in [5, 5.41) is 2.94. The number of carbonyl (C=O) groups excluding carboxylic acids is 2. The first-order valence-corrected chi connectivity index (χ1v) is 8.17. The van der Waals surface area contributed by atoms with Crippen LogP contribution in [0, 0.1) is 12.7 Å². The van der Waals surface area contributed by atoms with Crippen molar-refractivity contribution in [3.05, 3.63) is 53.0 Å². The van der Waals surface area contributed by atoms with Crippen LogP contribution in [0.1, 0.15) is 26.4 Å². The minimum atomic E-state index is -0.780. The molecule has 1 aromatic heterocycles. The fourth-order valence-electron chi connectivity index (χ4n) is 2.65. The predicted molar refractivity (Wildman–Crippen MR) is 93.9 cm³/mol. The number of anilines is 2. The summed E-state index contributed by atoms with van der Waals surface area (Å²) in [6, 6.07) is 7.81. The number of primary amides is 1. The van der Waals surface area contributed by atoms with Crippen LogP contribution in [0.4, 0.5) is 15.9 Å². The van der Waals surface area contributed by atoms with E-state index in [0.29, 0.717) is 37.6 Å². The van der Waals surface area contributed by atoms with E-state index in [0.717, 1.165) is 6.07 Å². The number of nitrogens with zero attached hydrogens (tertiary/aromatic N) is 2. The Balaban J connectivity index is 1.78. The Morgan fingerprint density at radius 3 is 2.50 bits per heavy atom. The number of ether oxygens (including phenoxy) is 1. The number of halogens is 1. The molecule has 8 heteroatoms. The average Bonchev–Trinajstić information content (AvgIpc) is 2.65. The quantitative estimate of drug-likeness (QED) is 0.869. The molecule has 0 aliphatic carbocycles. The summed E-state index contributed by atoms with van der Waals surface area (Å²) in [5.41, 5.74) is 6.55. The van der Waals surface area contributed by atoms with E-state index in [1.807, 2.05) is 0 Å². The number of nitrogens with one attached hydrogen (secondary N) is 1. The van der Waals surface area contributed by atoms with Crippen molar-refractivity contribution in [1.29, 1.82) is 0 Å². The third-order valence-corrected chi connectivity index (χ3v) is 4.11. The van der Waals surface area contributed by atoms with Crippen LogP contribution in [0.5, 0.6) is 0 Å². The number of aromatic nitrogens is 1. The van der Waals surface area contributed by atoms with Crippen LogP contribution in [0.15, 0.2) is 30.3 Å². The highest BCUT2D eigenvalue weighted by atomic mass is 19.1. The first-order valence-electron chi connectivity index (χ1n) is 8.17. The van der Waals surface area contributed by atoms with Crippen LogP contribution in [0.2, 0.25) is 0 Å². The Hall–Kier alpha value is -3.00. The number of benzene rings is 1. The van der Waals surface area contributed by atoms with E-state index < -0.39 is 11.7 Å². The minimum Gasteiger partial charge on any atom is -0.378 e. The van der Waals surface area contributed by atoms with Crippen molar-refractivity contribution in [2.75, 3.05) is 31.6 Å². The zero-order valence-corrected chi connectivity index (χ0v) is 14.3. The van der Waals surface area contributed by atoms with Crippen molar-refractivity contribution in [1.82, 2.24) is 9.88 Å². The normalized spacial score (nSPS) is 14.2. The molecule has 0 bridgehead atoms. The molecular weight excluding hydrogens is 339 g/mol. The number of nitrogens with two attached hydrogens (primary N) is 1. The van der Waals surface area contributed by atoms with Crippen LogP contribution in [-0.4, -0.2) is 48.0 Å². The van der Waals surface area contributed by atoms with Gasteiger partial charge in [-0.15, -0.1) is 0 Å². The van der Waals surface area contributed by atoms with Gasteiger partial charge in [-0.1, -0.05) is 0 Å². The van der Waals surface area contributed by atoms with Crippen molar-refractivity contribution in [3.8, 4) is 0 Å². The molecule has 2 amide bonds. The van der Waals surface area contributed by atoms with Gasteiger partial charge in [-0.05, 0) is 37.3 Å². The Morgan fingerprint density at radius 2 is 1.88 bits per heavy atom. The lowest BCUT2D eigenvalue weighted by Gasteiger charge is -2.26. The fourth-order valence-corrected chi connectivity index (χ4v) is 2.65. The Kier molecular flexibility index (Phi) is 5.13. The highest BCUT2D eigenvalue weighted by Crippen LogP contribution is 2.22. The van der Waals surface area contributed by atoms with Gasteiger partial charge in [0.25, 0.3) is 11.8 Å². The lowest BCUT2D eigenvalue weighted by molar-refractivity contribution is 0.0303. The predicted octanol–water partition coefficient (Wildman–Crippen LogP) is 1.84. The van der Waals surface area contributed by atoms with Gasteiger partial charge in [-0.2, -0.15) is 0 Å². The summed E-state index contributed by atoms with van der Waals surface area (Å²) < 4.78 is 18.9. The van der Waals surface area contributed by atoms with E-state index in [1.54, 1.807) is 29.2 Å². The smallest absolute Gasteiger partial charge is 0.254 e. The maximum Gasteiger partial charge on any atom is 0.254 e. The van der Waals surface area contributed by atoms with Gasteiger partial charge in [0.05, 0.1) is 24.5 Å². The van der Waals surface area contributed by atoms with Crippen molar-refractivity contribution in [2.24, 2.45) is 5.73 Å². The molecule has 7 nitrogen and oxygen atoms in total. The first-order chi connectivity index (χ1) is 12.5. The van der Waals surface area contributed by atoms with Crippen molar-refractivity contribution < 1.29 is 18.7 Å². The Morgan fingerprint density at radius 1 is 1.23 bits per heavy atom. The van der Waals surface area contributed by atoms with E-state index >= 15 is 0 Å². The van der Waals surface area contributed by atoms with Gasteiger partial charge in [-0.3, -0.25) is 9.59 Å². The number of hydrogen-bond donors (Lipinski definition) is 2. The summed E-state index contributed by atoms with van der Waals surface area (Å²) in [7, 11) is 0. The number of hydrogen-bond acceptors (Lipinski definition) is 5. The largest absolute Gasteiger partial charge is 0.378 e. The van der Waals surface area contributed by atoms with E-state index in [-0.39, 0.29) is 23.0 Å². The van der Waals surface area contributed by atoms with Crippen LogP contribution < -0.4 is 11.1 Å². The molecule has 3 rings (SSSR count). The zero-order chi connectivity index (χ0) is 18.7. The highest BCUT2D eigenvalue weighted by Gasteiger charge is 2.19. The summed E-state index contributed by atoms with van der Waals surface area (Å²) in [5.74, 6) is -1.27. The molecule has 1 fully saturated rings. The lowest BCUT2D eigenvalue weighted by Crippen LogP contribution is -2.40. The van der Waals surface area contributed by atoms with E-state index in [9.17, 15) is 14.0 Å². The number of amides is 2. The second kappa shape index (κ2) is 7.49. The van der Waals surface area contributed by atoms with Crippen molar-refractivity contribution >= 4 is 23.3 Å². The first kappa shape index (κ1) is 17.8. The summed E-state index contributed by atoms with van der Waals surface area (Å²) in [4.78, 5) is 29.7. The number of carbonyl (C=O) groups is 2. The minimum absolute atomic E-state index is 0.0402. The number of rotatable bonds is 4. The van der Waals surface area contributed by atoms with E-state index in [2.05, 4.69) is 10.3 Å². The van der Waals surface area contributed by atoms with Crippen molar-refractivity contribution in [3.63, 3.8) is 0 Å². The second-order valence-electron chi connectivity index (χ2n) is 5.92. The molecule has 3 N–H and O–H groups in total. The fraction of sp³-hybridized carbons (Fsp3) is 0.278. The third-order valence-electron chi connectivity index (χ3n) is 4.11. The topological polar surface area (TPSA) is 97.6 Å². The molecule has 136 valence electrons. The van der Waals surface area contributed by atoms with Gasteiger partial charge >= 0.3 is 0 Å². The molecule has 1 saturated heterocycles. The van der Waals surface area contributed by atoms with Gasteiger partial charge < -0.3 is 20.7 Å². The molecule has 26 heavy (non-hydrogen) atoms. The number of aryl methyl sites for hydroxylation is 1. The van der Waals surface area contributed by atoms with Crippen LogP contribution in [0.25, 0.3) is 0 Å². The molecule has 0 atom stereocenters. The second-order valence-corrected chi connectivity index (χ2v) is 5.92. The number of morpholine rings is 1. The molecule has 0 unspecified atom stereocenters. The average molecular weight is 358 g/mol. The van der Waals surface area contributed by atoms with Gasteiger partial charge in [0, 0.05) is 24.3 Å². The Labute approximate surface area is 150 Å². The molecule has 0 saturated carbocycles. The van der Waals surface area contributed by atoms with Gasteiger partial charge in [0.1, 0.15) is 11.6 Å². The van der Waals surface area contributed by atoms with Crippen LogP contribution >= 0.6 is 0 Å². The van der Waals surface area contributed by atoms with Crippen molar-refractivity contribution in [2.45, 2.75) is 6.92 Å². The third kappa shape index (κ3) is 3.80. The number of pyridine rings is 1. The maximum absolute atomic E-state index is 13.6. The SMILES string of the molecule is Cc1nc(Nc2ccc(C(=O)N3CCOCC3)cc2)c(C(N)=O)cc1F. The monoisotopic (exact) mass is 358 g/mol. The molecule has 2 heterocycles. The van der Waals surface area contributed by atoms with Gasteiger partial charge in [-0.25, -0.2) is 9.37 Å². The molecular formula is C18H19FN4O3. The molecule has 0 spiro atoms.